The van der Waals surface area contributed by atoms with Gasteiger partial charge in [-0.15, -0.1) is 0 Å². The fourth-order valence-corrected chi connectivity index (χ4v) is 2.87. The van der Waals surface area contributed by atoms with E-state index in [0.717, 1.165) is 42.5 Å². The van der Waals surface area contributed by atoms with Crippen LogP contribution < -0.4 is 5.32 Å². The molecule has 1 aromatic heterocycles. The highest BCUT2D eigenvalue weighted by molar-refractivity contribution is 5.92. The molecule has 1 saturated heterocycles. The van der Waals surface area contributed by atoms with Crippen molar-refractivity contribution in [1.29, 1.82) is 0 Å². The van der Waals surface area contributed by atoms with E-state index in [9.17, 15) is 4.79 Å². The Morgan fingerprint density at radius 1 is 1.14 bits per heavy atom. The number of carbonyl (C=O) groups excluding carboxylic acids is 1. The second-order valence-electron chi connectivity index (χ2n) is 5.73. The van der Waals surface area contributed by atoms with Crippen molar-refractivity contribution in [3.63, 3.8) is 0 Å². The standard InChI is InChI=1S/C16H22N4O/c1-19-15-11-14(8-7-13(15)12-17-19)18-16(21)20-9-5-3-2-4-6-10-20/h7-8,11-12H,2-6,9-10H2,1H3,(H,18,21). The summed E-state index contributed by atoms with van der Waals surface area (Å²) in [6, 6.07) is 5.92. The molecule has 5 nitrogen and oxygen atoms in total. The normalized spacial score (nSPS) is 16.5. The maximum absolute atomic E-state index is 12.4. The zero-order valence-corrected chi connectivity index (χ0v) is 12.5. The monoisotopic (exact) mass is 286 g/mol. The van der Waals surface area contributed by atoms with Gasteiger partial charge in [0.15, 0.2) is 0 Å². The number of anilines is 1. The number of carbonyl (C=O) groups is 1. The predicted molar refractivity (Wildman–Crippen MR) is 84.4 cm³/mol. The summed E-state index contributed by atoms with van der Waals surface area (Å²) >= 11 is 0. The average Bonchev–Trinajstić information content (AvgIpc) is 2.80. The molecule has 0 unspecified atom stereocenters. The Bertz CT molecular complexity index is 626. The van der Waals surface area contributed by atoms with Crippen molar-refractivity contribution in [2.75, 3.05) is 18.4 Å². The van der Waals surface area contributed by atoms with E-state index in [-0.39, 0.29) is 6.03 Å². The Kier molecular flexibility index (Phi) is 4.08. The van der Waals surface area contributed by atoms with Crippen LogP contribution in [0.25, 0.3) is 10.9 Å². The quantitative estimate of drug-likeness (QED) is 0.873. The van der Waals surface area contributed by atoms with E-state index in [1.165, 1.54) is 19.3 Å². The zero-order valence-electron chi connectivity index (χ0n) is 12.5. The summed E-state index contributed by atoms with van der Waals surface area (Å²) in [6.07, 6.45) is 7.80. The minimum absolute atomic E-state index is 0.0124. The van der Waals surface area contributed by atoms with E-state index in [0.29, 0.717) is 0 Å². The molecule has 0 atom stereocenters. The van der Waals surface area contributed by atoms with Gasteiger partial charge in [0, 0.05) is 31.2 Å². The van der Waals surface area contributed by atoms with Crippen LogP contribution in [-0.4, -0.2) is 33.8 Å². The molecule has 1 aromatic carbocycles. The van der Waals surface area contributed by atoms with Gasteiger partial charge in [-0.2, -0.15) is 5.10 Å². The van der Waals surface area contributed by atoms with Crippen LogP contribution in [0, 0.1) is 0 Å². The van der Waals surface area contributed by atoms with Gasteiger partial charge in [0.05, 0.1) is 11.7 Å². The molecule has 0 spiro atoms. The van der Waals surface area contributed by atoms with E-state index in [2.05, 4.69) is 10.4 Å². The Labute approximate surface area is 124 Å². The molecular weight excluding hydrogens is 264 g/mol. The number of rotatable bonds is 1. The first-order valence-electron chi connectivity index (χ1n) is 7.72. The number of nitrogens with zero attached hydrogens (tertiary/aromatic N) is 3. The number of likely N-dealkylation sites (tertiary alicyclic amines) is 1. The lowest BCUT2D eigenvalue weighted by Crippen LogP contribution is -2.37. The summed E-state index contributed by atoms with van der Waals surface area (Å²) in [4.78, 5) is 14.3. The summed E-state index contributed by atoms with van der Waals surface area (Å²) in [6.45, 7) is 1.72. The summed E-state index contributed by atoms with van der Waals surface area (Å²) in [5.74, 6) is 0. The van der Waals surface area contributed by atoms with Crippen molar-refractivity contribution < 1.29 is 4.79 Å². The summed E-state index contributed by atoms with van der Waals surface area (Å²) in [7, 11) is 1.91. The number of amides is 2. The predicted octanol–water partition coefficient (Wildman–Crippen LogP) is 3.37. The fourth-order valence-electron chi connectivity index (χ4n) is 2.87. The third-order valence-corrected chi connectivity index (χ3v) is 4.14. The highest BCUT2D eigenvalue weighted by atomic mass is 16.2. The molecule has 2 heterocycles. The van der Waals surface area contributed by atoms with Crippen LogP contribution in [0.2, 0.25) is 0 Å². The third kappa shape index (κ3) is 3.17. The van der Waals surface area contributed by atoms with E-state index in [4.69, 9.17) is 0 Å². The van der Waals surface area contributed by atoms with Crippen LogP contribution in [-0.2, 0) is 7.05 Å². The van der Waals surface area contributed by atoms with Crippen molar-refractivity contribution >= 4 is 22.6 Å². The summed E-state index contributed by atoms with van der Waals surface area (Å²) in [5, 5.41) is 8.32. The van der Waals surface area contributed by atoms with E-state index < -0.39 is 0 Å². The Hall–Kier alpha value is -2.04. The molecule has 2 aromatic rings. The van der Waals surface area contributed by atoms with Gasteiger partial charge in [0.25, 0.3) is 0 Å². The van der Waals surface area contributed by atoms with Crippen molar-refractivity contribution in [2.45, 2.75) is 32.1 Å². The van der Waals surface area contributed by atoms with Crippen LogP contribution in [0.4, 0.5) is 10.5 Å². The minimum Gasteiger partial charge on any atom is -0.325 e. The average molecular weight is 286 g/mol. The topological polar surface area (TPSA) is 50.2 Å². The second kappa shape index (κ2) is 6.16. The molecule has 0 saturated carbocycles. The van der Waals surface area contributed by atoms with Gasteiger partial charge in [-0.3, -0.25) is 4.68 Å². The van der Waals surface area contributed by atoms with Crippen LogP contribution in [0.5, 0.6) is 0 Å². The SMILES string of the molecule is Cn1ncc2ccc(NC(=O)N3CCCCCCC3)cc21. The fraction of sp³-hybridized carbons (Fsp3) is 0.500. The second-order valence-corrected chi connectivity index (χ2v) is 5.73. The van der Waals surface area contributed by atoms with Crippen molar-refractivity contribution in [3.05, 3.63) is 24.4 Å². The number of aryl methyl sites for hydroxylation is 1. The molecule has 0 bridgehead atoms. The van der Waals surface area contributed by atoms with Gasteiger partial charge < -0.3 is 10.2 Å². The Balaban J connectivity index is 1.71. The smallest absolute Gasteiger partial charge is 0.321 e. The maximum Gasteiger partial charge on any atom is 0.321 e. The first-order valence-corrected chi connectivity index (χ1v) is 7.72. The van der Waals surface area contributed by atoms with Crippen molar-refractivity contribution in [3.8, 4) is 0 Å². The number of urea groups is 1. The summed E-state index contributed by atoms with van der Waals surface area (Å²) < 4.78 is 1.82. The van der Waals surface area contributed by atoms with Gasteiger partial charge >= 0.3 is 6.03 Å². The van der Waals surface area contributed by atoms with E-state index in [1.807, 2.05) is 41.0 Å². The van der Waals surface area contributed by atoms with Crippen molar-refractivity contribution in [2.24, 2.45) is 7.05 Å². The first kappa shape index (κ1) is 13.9. The van der Waals surface area contributed by atoms with Gasteiger partial charge in [-0.1, -0.05) is 19.3 Å². The molecule has 0 radical (unpaired) electrons. The molecular formula is C16H22N4O. The lowest BCUT2D eigenvalue weighted by molar-refractivity contribution is 0.206. The largest absolute Gasteiger partial charge is 0.325 e. The molecule has 112 valence electrons. The maximum atomic E-state index is 12.4. The number of hydrogen-bond donors (Lipinski definition) is 1. The summed E-state index contributed by atoms with van der Waals surface area (Å²) in [5.41, 5.74) is 1.86. The highest BCUT2D eigenvalue weighted by Crippen LogP contribution is 2.19. The lowest BCUT2D eigenvalue weighted by Gasteiger charge is -2.25. The number of nitrogens with one attached hydrogen (secondary N) is 1. The highest BCUT2D eigenvalue weighted by Gasteiger charge is 2.15. The van der Waals surface area contributed by atoms with Gasteiger partial charge in [0.2, 0.25) is 0 Å². The molecule has 1 aliphatic heterocycles. The Morgan fingerprint density at radius 3 is 2.62 bits per heavy atom. The first-order chi connectivity index (χ1) is 10.2. The van der Waals surface area contributed by atoms with Gasteiger partial charge in [-0.25, -0.2) is 4.79 Å². The van der Waals surface area contributed by atoms with Gasteiger partial charge in [-0.05, 0) is 31.0 Å². The van der Waals surface area contributed by atoms with Crippen LogP contribution in [0.3, 0.4) is 0 Å². The van der Waals surface area contributed by atoms with Crippen LogP contribution >= 0.6 is 0 Å². The molecule has 2 amide bonds. The van der Waals surface area contributed by atoms with Gasteiger partial charge in [0.1, 0.15) is 0 Å². The number of aromatic nitrogens is 2. The molecule has 1 aliphatic rings. The van der Waals surface area contributed by atoms with E-state index >= 15 is 0 Å². The zero-order chi connectivity index (χ0) is 14.7. The molecule has 21 heavy (non-hydrogen) atoms. The molecule has 3 rings (SSSR count). The van der Waals surface area contributed by atoms with Crippen molar-refractivity contribution in [1.82, 2.24) is 14.7 Å². The number of fused-ring (bicyclic) bond motifs is 1. The lowest BCUT2D eigenvalue weighted by atomic mass is 10.1. The number of benzene rings is 1. The molecule has 1 N–H and O–H groups in total. The van der Waals surface area contributed by atoms with E-state index in [1.54, 1.807) is 0 Å². The molecule has 0 aliphatic carbocycles. The Morgan fingerprint density at radius 2 is 1.86 bits per heavy atom. The molecule has 5 heteroatoms. The third-order valence-electron chi connectivity index (χ3n) is 4.14. The van der Waals surface area contributed by atoms with Crippen LogP contribution in [0.15, 0.2) is 24.4 Å². The van der Waals surface area contributed by atoms with Crippen LogP contribution in [0.1, 0.15) is 32.1 Å². The minimum atomic E-state index is 0.0124. The molecule has 1 fully saturated rings. The number of hydrogen-bond acceptors (Lipinski definition) is 2.